The van der Waals surface area contributed by atoms with Crippen LogP contribution in [0.25, 0.3) is 0 Å². The fraction of sp³-hybridized carbons (Fsp3) is 0.538. The first kappa shape index (κ1) is 13.7. The molecule has 0 fully saturated rings. The Morgan fingerprint density at radius 2 is 1.50 bits per heavy atom. The monoisotopic (exact) mass is 252 g/mol. The van der Waals surface area contributed by atoms with Gasteiger partial charge in [0.05, 0.1) is 8.07 Å². The molecule has 90 valence electrons. The molecule has 0 saturated heterocycles. The molecule has 16 heavy (non-hydrogen) atoms. The van der Waals surface area contributed by atoms with E-state index in [1.807, 2.05) is 7.11 Å². The first-order chi connectivity index (χ1) is 7.37. The lowest BCUT2D eigenvalue weighted by Gasteiger charge is -2.27. The van der Waals surface area contributed by atoms with Crippen LogP contribution in [0.15, 0.2) is 30.3 Å². The van der Waals surface area contributed by atoms with Crippen LogP contribution in [0.5, 0.6) is 0 Å². The van der Waals surface area contributed by atoms with Crippen LogP contribution < -0.4 is 5.19 Å². The van der Waals surface area contributed by atoms with Crippen LogP contribution in [0, 0.1) is 0 Å². The summed E-state index contributed by atoms with van der Waals surface area (Å²) in [6.45, 7) is 9.54. The molecule has 0 bridgehead atoms. The zero-order chi connectivity index (χ0) is 12.2. The van der Waals surface area contributed by atoms with Gasteiger partial charge in [-0.3, -0.25) is 0 Å². The van der Waals surface area contributed by atoms with Gasteiger partial charge in [0.25, 0.3) is 0 Å². The van der Waals surface area contributed by atoms with Crippen LogP contribution in [0.1, 0.15) is 0 Å². The molecule has 0 amide bonds. The summed E-state index contributed by atoms with van der Waals surface area (Å²) >= 11 is 0. The molecule has 1 nitrogen and oxygen atoms in total. The summed E-state index contributed by atoms with van der Waals surface area (Å²) < 4.78 is 5.63. The molecule has 1 aromatic carbocycles. The Labute approximate surface area is 102 Å². The highest BCUT2D eigenvalue weighted by Gasteiger charge is 2.28. The van der Waals surface area contributed by atoms with Crippen molar-refractivity contribution >= 4 is 21.6 Å². The van der Waals surface area contributed by atoms with Crippen molar-refractivity contribution in [1.29, 1.82) is 0 Å². The summed E-state index contributed by atoms with van der Waals surface area (Å²) in [5, 5.41) is 1.57. The summed E-state index contributed by atoms with van der Waals surface area (Å²) in [7, 11) is -0.772. The van der Waals surface area contributed by atoms with Gasteiger partial charge in [0, 0.05) is 7.11 Å². The Balaban J connectivity index is 2.66. The van der Waals surface area contributed by atoms with Gasteiger partial charge in [-0.2, -0.15) is 0 Å². The largest absolute Gasteiger partial charge is 0.420 e. The molecule has 0 unspecified atom stereocenters. The molecular weight excluding hydrogens is 228 g/mol. The van der Waals surface area contributed by atoms with E-state index in [1.54, 1.807) is 5.19 Å². The van der Waals surface area contributed by atoms with Gasteiger partial charge in [0.15, 0.2) is 8.32 Å². The maximum Gasteiger partial charge on any atom is 0.185 e. The minimum atomic E-state index is -1.39. The second-order valence-corrected chi connectivity index (χ2v) is 15.0. The average Bonchev–Trinajstić information content (AvgIpc) is 2.28. The van der Waals surface area contributed by atoms with E-state index in [0.29, 0.717) is 0 Å². The number of hydrogen-bond donors (Lipinski definition) is 0. The second kappa shape index (κ2) is 5.30. The van der Waals surface area contributed by atoms with E-state index in [-0.39, 0.29) is 0 Å². The van der Waals surface area contributed by atoms with Crippen LogP contribution in [-0.4, -0.2) is 23.5 Å². The van der Waals surface area contributed by atoms with Crippen LogP contribution in [0.3, 0.4) is 0 Å². The molecule has 1 aromatic rings. The molecule has 0 aliphatic carbocycles. The van der Waals surface area contributed by atoms with Crippen molar-refractivity contribution in [2.24, 2.45) is 0 Å². The topological polar surface area (TPSA) is 9.23 Å². The lowest BCUT2D eigenvalue weighted by atomic mass is 10.4. The van der Waals surface area contributed by atoms with E-state index in [1.165, 1.54) is 12.1 Å². The van der Waals surface area contributed by atoms with Crippen molar-refractivity contribution in [1.82, 2.24) is 0 Å². The molecule has 0 spiro atoms. The molecule has 0 N–H and O–H groups in total. The Morgan fingerprint density at radius 1 is 0.938 bits per heavy atom. The average molecular weight is 253 g/mol. The molecule has 1 rings (SSSR count). The zero-order valence-corrected chi connectivity index (χ0v) is 13.2. The summed E-state index contributed by atoms with van der Waals surface area (Å²) in [5.74, 6) is 0. The van der Waals surface area contributed by atoms with E-state index in [9.17, 15) is 0 Å². The first-order valence-corrected chi connectivity index (χ1v) is 12.3. The van der Waals surface area contributed by atoms with Crippen LogP contribution in [0.4, 0.5) is 0 Å². The Kier molecular flexibility index (Phi) is 4.53. The second-order valence-electron chi connectivity index (χ2n) is 5.71. The van der Waals surface area contributed by atoms with E-state index in [4.69, 9.17) is 4.43 Å². The normalized spacial score (nSPS) is 12.8. The SMILES string of the molecule is CO[Si](C)(C)CC[Si](C)(C)c1ccccc1. The van der Waals surface area contributed by atoms with Gasteiger partial charge in [-0.05, 0) is 19.1 Å². The van der Waals surface area contributed by atoms with Crippen LogP contribution in [0.2, 0.25) is 38.3 Å². The van der Waals surface area contributed by atoms with Gasteiger partial charge in [0.2, 0.25) is 0 Å². The predicted octanol–water partition coefficient (Wildman–Crippen LogP) is 3.45. The number of benzene rings is 1. The zero-order valence-electron chi connectivity index (χ0n) is 11.2. The van der Waals surface area contributed by atoms with Crippen LogP contribution in [-0.2, 0) is 4.43 Å². The van der Waals surface area contributed by atoms with Gasteiger partial charge in [-0.15, -0.1) is 0 Å². The van der Waals surface area contributed by atoms with E-state index < -0.39 is 16.4 Å². The quantitative estimate of drug-likeness (QED) is 0.729. The third-order valence-electron chi connectivity index (χ3n) is 3.46. The lowest BCUT2D eigenvalue weighted by Crippen LogP contribution is -2.43. The highest BCUT2D eigenvalue weighted by molar-refractivity contribution is 6.91. The predicted molar refractivity (Wildman–Crippen MR) is 77.7 cm³/mol. The standard InChI is InChI=1S/C13H24OSi2/c1-14-16(4,5)12-11-15(2,3)13-9-7-6-8-10-13/h6-10H,11-12H2,1-5H3. The number of hydrogen-bond acceptors (Lipinski definition) is 1. The van der Waals surface area contributed by atoms with Crippen molar-refractivity contribution in [3.05, 3.63) is 30.3 Å². The van der Waals surface area contributed by atoms with E-state index in [2.05, 4.69) is 56.5 Å². The Hall–Kier alpha value is -0.386. The smallest absolute Gasteiger partial charge is 0.185 e. The minimum Gasteiger partial charge on any atom is -0.420 e. The molecule has 0 radical (unpaired) electrons. The maximum absolute atomic E-state index is 5.63. The summed E-state index contributed by atoms with van der Waals surface area (Å²) in [6, 6.07) is 13.6. The summed E-state index contributed by atoms with van der Waals surface area (Å²) in [6.07, 6.45) is 0. The molecule has 3 heteroatoms. The van der Waals surface area contributed by atoms with Crippen molar-refractivity contribution in [2.75, 3.05) is 7.11 Å². The van der Waals surface area contributed by atoms with Gasteiger partial charge in [0.1, 0.15) is 0 Å². The summed E-state index contributed by atoms with van der Waals surface area (Å²) in [4.78, 5) is 0. The van der Waals surface area contributed by atoms with E-state index in [0.717, 1.165) is 0 Å². The van der Waals surface area contributed by atoms with Gasteiger partial charge in [-0.1, -0.05) is 54.7 Å². The van der Waals surface area contributed by atoms with Crippen molar-refractivity contribution in [3.8, 4) is 0 Å². The van der Waals surface area contributed by atoms with Crippen molar-refractivity contribution in [3.63, 3.8) is 0 Å². The molecule has 0 saturated carbocycles. The third kappa shape index (κ3) is 3.88. The molecular formula is C13H24OSi2. The molecule has 0 heterocycles. The Bertz CT molecular complexity index is 320. The highest BCUT2D eigenvalue weighted by atomic mass is 28.4. The fourth-order valence-electron chi connectivity index (χ4n) is 1.75. The van der Waals surface area contributed by atoms with Crippen molar-refractivity contribution < 1.29 is 4.43 Å². The van der Waals surface area contributed by atoms with Gasteiger partial charge < -0.3 is 4.43 Å². The van der Waals surface area contributed by atoms with E-state index >= 15 is 0 Å². The number of rotatable bonds is 5. The summed E-state index contributed by atoms with van der Waals surface area (Å²) in [5.41, 5.74) is 0. The van der Waals surface area contributed by atoms with Crippen molar-refractivity contribution in [2.45, 2.75) is 38.3 Å². The highest BCUT2D eigenvalue weighted by Crippen LogP contribution is 2.20. The third-order valence-corrected chi connectivity index (χ3v) is 9.92. The minimum absolute atomic E-state index is 1.25. The van der Waals surface area contributed by atoms with Gasteiger partial charge in [-0.25, -0.2) is 0 Å². The fourth-order valence-corrected chi connectivity index (χ4v) is 8.25. The lowest BCUT2D eigenvalue weighted by molar-refractivity contribution is 0.405. The van der Waals surface area contributed by atoms with Gasteiger partial charge >= 0.3 is 0 Å². The molecule has 0 aromatic heterocycles. The molecule has 0 atom stereocenters. The first-order valence-electron chi connectivity index (χ1n) is 5.98. The van der Waals surface area contributed by atoms with Crippen LogP contribution >= 0.6 is 0 Å². The molecule has 0 aliphatic rings. The Morgan fingerprint density at radius 3 is 2.00 bits per heavy atom. The maximum atomic E-state index is 5.63. The molecule has 0 aliphatic heterocycles.